The molecule has 0 radical (unpaired) electrons. The first-order chi connectivity index (χ1) is 15.3. The van der Waals surface area contributed by atoms with E-state index in [1.54, 1.807) is 25.1 Å². The second-order valence-corrected chi connectivity index (χ2v) is 7.15. The summed E-state index contributed by atoms with van der Waals surface area (Å²) >= 11 is 0. The van der Waals surface area contributed by atoms with Gasteiger partial charge in [-0.05, 0) is 30.7 Å². The number of nitriles is 1. The second-order valence-electron chi connectivity index (χ2n) is 7.15. The largest absolute Gasteiger partial charge is 0.416 e. The number of alkyl halides is 3. The molecule has 0 saturated carbocycles. The maximum Gasteiger partial charge on any atom is 0.416 e. The molecule has 0 bridgehead atoms. The Balaban J connectivity index is 1.97. The van der Waals surface area contributed by atoms with Gasteiger partial charge in [-0.2, -0.15) is 18.4 Å². The van der Waals surface area contributed by atoms with Crippen LogP contribution in [0.4, 0.5) is 19.1 Å². The zero-order chi connectivity index (χ0) is 23.3. The average Bonchev–Trinajstić information content (AvgIpc) is 3.19. The lowest BCUT2D eigenvalue weighted by atomic mass is 10.0. The molecule has 0 fully saturated rings. The summed E-state index contributed by atoms with van der Waals surface area (Å²) in [7, 11) is 0. The Morgan fingerprint density at radius 3 is 2.72 bits per heavy atom. The summed E-state index contributed by atoms with van der Waals surface area (Å²) in [6, 6.07) is 11.0. The standard InChI is InChI=1S/C22H22F3N5O2/c1-2-30(10-9-26)19(32)12-18(14-5-3-7-16(11-14)22(23,24)25)28-21-27-17-8-4-6-15(13-31)20(17)29-21/h3-8,11,18,31H,2,10,12-13H2,1H3,(H2,27,28,29). The number of aromatic nitrogens is 2. The van der Waals surface area contributed by atoms with Gasteiger partial charge in [-0.25, -0.2) is 4.98 Å². The van der Waals surface area contributed by atoms with Crippen LogP contribution in [0, 0.1) is 11.3 Å². The number of hydrogen-bond donors (Lipinski definition) is 3. The zero-order valence-electron chi connectivity index (χ0n) is 17.3. The fraction of sp³-hybridized carbons (Fsp3) is 0.318. The number of benzene rings is 2. The molecule has 3 rings (SSSR count). The molecule has 1 atom stereocenters. The molecule has 0 aliphatic carbocycles. The molecule has 1 amide bonds. The van der Waals surface area contributed by atoms with Crippen LogP contribution in [-0.4, -0.2) is 39.0 Å². The van der Waals surface area contributed by atoms with Crippen molar-refractivity contribution in [2.75, 3.05) is 18.4 Å². The molecule has 0 saturated heterocycles. The number of carbonyl (C=O) groups excluding carboxylic acids is 1. The normalized spacial score (nSPS) is 12.4. The van der Waals surface area contributed by atoms with Crippen molar-refractivity contribution in [3.63, 3.8) is 0 Å². The first kappa shape index (κ1) is 23.1. The Morgan fingerprint density at radius 1 is 1.31 bits per heavy atom. The maximum atomic E-state index is 13.3. The Morgan fingerprint density at radius 2 is 2.06 bits per heavy atom. The second kappa shape index (κ2) is 9.70. The van der Waals surface area contributed by atoms with Gasteiger partial charge in [0.25, 0.3) is 0 Å². The van der Waals surface area contributed by atoms with Gasteiger partial charge in [-0.15, -0.1) is 0 Å². The summed E-state index contributed by atoms with van der Waals surface area (Å²) in [4.78, 5) is 21.5. The van der Waals surface area contributed by atoms with Crippen molar-refractivity contribution >= 4 is 22.9 Å². The Hall–Kier alpha value is -3.58. The van der Waals surface area contributed by atoms with Crippen LogP contribution >= 0.6 is 0 Å². The van der Waals surface area contributed by atoms with E-state index < -0.39 is 17.8 Å². The first-order valence-corrected chi connectivity index (χ1v) is 9.93. The van der Waals surface area contributed by atoms with Gasteiger partial charge in [-0.3, -0.25) is 4.79 Å². The third kappa shape index (κ3) is 5.18. The zero-order valence-corrected chi connectivity index (χ0v) is 17.3. The quantitative estimate of drug-likeness (QED) is 0.455. The molecule has 168 valence electrons. The van der Waals surface area contributed by atoms with Crippen LogP contribution in [0.2, 0.25) is 0 Å². The van der Waals surface area contributed by atoms with Gasteiger partial charge < -0.3 is 20.3 Å². The topological polar surface area (TPSA) is 105 Å². The maximum absolute atomic E-state index is 13.3. The van der Waals surface area contributed by atoms with E-state index in [4.69, 9.17) is 5.26 Å². The average molecular weight is 445 g/mol. The molecule has 2 aromatic carbocycles. The molecule has 0 aliphatic rings. The van der Waals surface area contributed by atoms with Gasteiger partial charge >= 0.3 is 6.18 Å². The van der Waals surface area contributed by atoms with E-state index in [9.17, 15) is 23.1 Å². The van der Waals surface area contributed by atoms with Crippen LogP contribution in [0.15, 0.2) is 42.5 Å². The minimum absolute atomic E-state index is 0.116. The van der Waals surface area contributed by atoms with Crippen LogP contribution in [-0.2, 0) is 17.6 Å². The number of nitrogens with zero attached hydrogens (tertiary/aromatic N) is 3. The number of nitrogens with one attached hydrogen (secondary N) is 2. The number of carbonyl (C=O) groups is 1. The highest BCUT2D eigenvalue weighted by Gasteiger charge is 2.31. The highest BCUT2D eigenvalue weighted by Crippen LogP contribution is 2.32. The van der Waals surface area contributed by atoms with Crippen LogP contribution in [0.1, 0.15) is 36.1 Å². The smallest absolute Gasteiger partial charge is 0.392 e. The third-order valence-electron chi connectivity index (χ3n) is 5.07. The van der Waals surface area contributed by atoms with Gasteiger partial charge in [0.05, 0.1) is 41.7 Å². The number of H-pyrrole nitrogens is 1. The fourth-order valence-electron chi connectivity index (χ4n) is 3.40. The summed E-state index contributed by atoms with van der Waals surface area (Å²) < 4.78 is 39.8. The first-order valence-electron chi connectivity index (χ1n) is 9.93. The van der Waals surface area contributed by atoms with E-state index in [0.717, 1.165) is 12.1 Å². The van der Waals surface area contributed by atoms with Gasteiger partial charge in [0, 0.05) is 12.1 Å². The number of imidazole rings is 1. The molecule has 1 aromatic heterocycles. The van der Waals surface area contributed by atoms with E-state index in [2.05, 4.69) is 15.3 Å². The number of para-hydroxylation sites is 1. The van der Waals surface area contributed by atoms with Gasteiger partial charge in [-0.1, -0.05) is 24.3 Å². The highest BCUT2D eigenvalue weighted by molar-refractivity contribution is 5.81. The van der Waals surface area contributed by atoms with Crippen molar-refractivity contribution in [2.24, 2.45) is 0 Å². The Kier molecular flexibility index (Phi) is 7.00. The molecule has 7 nitrogen and oxygen atoms in total. The Labute approximate surface area is 182 Å². The van der Waals surface area contributed by atoms with Crippen molar-refractivity contribution in [3.05, 3.63) is 59.2 Å². The van der Waals surface area contributed by atoms with Crippen molar-refractivity contribution in [1.29, 1.82) is 5.26 Å². The molecule has 1 heterocycles. The summed E-state index contributed by atoms with van der Waals surface area (Å²) in [5, 5.41) is 21.5. The molecular formula is C22H22F3N5O2. The molecule has 3 N–H and O–H groups in total. The van der Waals surface area contributed by atoms with Crippen molar-refractivity contribution in [3.8, 4) is 6.07 Å². The molecular weight excluding hydrogens is 423 g/mol. The van der Waals surface area contributed by atoms with E-state index in [0.29, 0.717) is 23.1 Å². The summed E-state index contributed by atoms with van der Waals surface area (Å²) in [6.45, 7) is 1.68. The Bertz CT molecular complexity index is 1140. The number of fused-ring (bicyclic) bond motifs is 1. The molecule has 0 spiro atoms. The summed E-state index contributed by atoms with van der Waals surface area (Å²) in [6.07, 6.45) is -4.71. The molecule has 1 unspecified atom stereocenters. The molecule has 0 aliphatic heterocycles. The molecule has 32 heavy (non-hydrogen) atoms. The lowest BCUT2D eigenvalue weighted by Crippen LogP contribution is -2.33. The highest BCUT2D eigenvalue weighted by atomic mass is 19.4. The summed E-state index contributed by atoms with van der Waals surface area (Å²) in [5.74, 6) is -0.129. The number of aromatic amines is 1. The van der Waals surface area contributed by atoms with Gasteiger partial charge in [0.15, 0.2) is 0 Å². The van der Waals surface area contributed by atoms with Crippen LogP contribution in [0.5, 0.6) is 0 Å². The number of halogens is 3. The van der Waals surface area contributed by atoms with Gasteiger partial charge in [0.2, 0.25) is 11.9 Å². The number of amides is 1. The lowest BCUT2D eigenvalue weighted by molar-refractivity contribution is -0.137. The predicted octanol–water partition coefficient (Wildman–Crippen LogP) is 3.99. The number of anilines is 1. The third-order valence-corrected chi connectivity index (χ3v) is 5.07. The van der Waals surface area contributed by atoms with Crippen molar-refractivity contribution in [1.82, 2.24) is 14.9 Å². The van der Waals surface area contributed by atoms with Crippen LogP contribution in [0.3, 0.4) is 0 Å². The van der Waals surface area contributed by atoms with E-state index in [-0.39, 0.29) is 37.0 Å². The fourth-order valence-corrected chi connectivity index (χ4v) is 3.40. The monoisotopic (exact) mass is 445 g/mol. The van der Waals surface area contributed by atoms with Crippen molar-refractivity contribution in [2.45, 2.75) is 32.2 Å². The number of aliphatic hydroxyl groups excluding tert-OH is 1. The van der Waals surface area contributed by atoms with Gasteiger partial charge in [0.1, 0.15) is 6.54 Å². The van der Waals surface area contributed by atoms with E-state index in [1.807, 2.05) is 6.07 Å². The molecule has 10 heteroatoms. The predicted molar refractivity (Wildman–Crippen MR) is 112 cm³/mol. The minimum Gasteiger partial charge on any atom is -0.392 e. The van der Waals surface area contributed by atoms with Crippen LogP contribution in [0.25, 0.3) is 11.0 Å². The van der Waals surface area contributed by atoms with Crippen LogP contribution < -0.4 is 5.32 Å². The lowest BCUT2D eigenvalue weighted by Gasteiger charge is -2.23. The minimum atomic E-state index is -4.53. The van der Waals surface area contributed by atoms with E-state index in [1.165, 1.54) is 17.0 Å². The number of aliphatic hydroxyl groups is 1. The van der Waals surface area contributed by atoms with E-state index >= 15 is 0 Å². The number of hydrogen-bond acceptors (Lipinski definition) is 5. The molecule has 3 aromatic rings. The van der Waals surface area contributed by atoms with Crippen molar-refractivity contribution < 1.29 is 23.1 Å². The number of rotatable bonds is 8. The SMILES string of the molecule is CCN(CC#N)C(=O)CC(Nc1nc2c(CO)cccc2[nH]1)c1cccc(C(F)(F)F)c1. The summed E-state index contributed by atoms with van der Waals surface area (Å²) in [5.41, 5.74) is 1.17.